The number of pyridine rings is 2. The molecule has 2 aromatic heterocycles. The van der Waals surface area contributed by atoms with Gasteiger partial charge < -0.3 is 35.4 Å². The van der Waals surface area contributed by atoms with E-state index in [0.29, 0.717) is 65.9 Å². The molecular weight excluding hydrogens is 691 g/mol. The molecule has 2 atom stereocenters. The number of carbonyl (C=O) groups is 2. The highest BCUT2D eigenvalue weighted by Gasteiger charge is 2.28. The number of aromatic nitrogens is 2. The van der Waals surface area contributed by atoms with Crippen molar-refractivity contribution in [3.8, 4) is 34.1 Å². The zero-order valence-electron chi connectivity index (χ0n) is 28.9. The Kier molecular flexibility index (Phi) is 11.6. The summed E-state index contributed by atoms with van der Waals surface area (Å²) in [7, 11) is 5.02. The van der Waals surface area contributed by atoms with Crippen LogP contribution in [0.1, 0.15) is 54.0 Å². The summed E-state index contributed by atoms with van der Waals surface area (Å²) in [6.07, 6.45) is 3.13. The van der Waals surface area contributed by atoms with E-state index >= 15 is 0 Å². The van der Waals surface area contributed by atoms with Gasteiger partial charge in [0.25, 0.3) is 0 Å². The highest BCUT2D eigenvalue weighted by Crippen LogP contribution is 2.44. The molecule has 0 radical (unpaired) electrons. The zero-order chi connectivity index (χ0) is 36.1. The number of amides is 1. The SMILES string of the molecule is COc1nc(-c2cccc(-c3cccc4c3CC[C@@H]4Nc3nc(OC)c(CN(C)CCC(=O)O)cc3Cl)c2Cl)ccc1CNC[C@@H]1CCC(=O)N1. The fourth-order valence-electron chi connectivity index (χ4n) is 6.86. The third-order valence-corrected chi connectivity index (χ3v) is 10.1. The second-order valence-corrected chi connectivity index (χ2v) is 13.7. The van der Waals surface area contributed by atoms with Crippen LogP contribution in [0.25, 0.3) is 22.4 Å². The highest BCUT2D eigenvalue weighted by atomic mass is 35.5. The summed E-state index contributed by atoms with van der Waals surface area (Å²) in [5.41, 5.74) is 7.56. The molecule has 2 aliphatic rings. The Morgan fingerprint density at radius 2 is 1.73 bits per heavy atom. The van der Waals surface area contributed by atoms with Crippen molar-refractivity contribution in [1.82, 2.24) is 25.5 Å². The van der Waals surface area contributed by atoms with Crippen molar-refractivity contribution < 1.29 is 24.2 Å². The van der Waals surface area contributed by atoms with Crippen LogP contribution in [0.5, 0.6) is 11.8 Å². The molecule has 4 aromatic rings. The molecule has 0 spiro atoms. The number of carboxylic acids is 1. The van der Waals surface area contributed by atoms with Crippen LogP contribution < -0.4 is 25.4 Å². The summed E-state index contributed by atoms with van der Waals surface area (Å²) in [5, 5.41) is 20.0. The molecule has 1 saturated heterocycles. The summed E-state index contributed by atoms with van der Waals surface area (Å²) < 4.78 is 11.3. The molecule has 13 heteroatoms. The van der Waals surface area contributed by atoms with Crippen LogP contribution in [0.4, 0.5) is 5.82 Å². The molecule has 6 rings (SSSR count). The number of aliphatic carboxylic acids is 1. The fourth-order valence-corrected chi connectivity index (χ4v) is 7.41. The molecular formula is C38H42Cl2N6O5. The van der Waals surface area contributed by atoms with E-state index in [1.54, 1.807) is 14.2 Å². The number of ether oxygens (including phenoxy) is 2. The number of fused-ring (bicyclic) bond motifs is 1. The molecule has 4 N–H and O–H groups in total. The van der Waals surface area contributed by atoms with Crippen LogP contribution in [0, 0.1) is 0 Å². The molecule has 51 heavy (non-hydrogen) atoms. The number of nitrogens with one attached hydrogen (secondary N) is 3. The normalized spacial score (nSPS) is 16.6. The van der Waals surface area contributed by atoms with Gasteiger partial charge >= 0.3 is 5.97 Å². The number of carbonyl (C=O) groups excluding carboxylic acids is 1. The third-order valence-electron chi connectivity index (χ3n) is 9.43. The molecule has 1 fully saturated rings. The lowest BCUT2D eigenvalue weighted by Crippen LogP contribution is -2.35. The lowest BCUT2D eigenvalue weighted by atomic mass is 9.94. The summed E-state index contributed by atoms with van der Waals surface area (Å²) in [6.45, 7) is 2.08. The Morgan fingerprint density at radius 1 is 0.980 bits per heavy atom. The summed E-state index contributed by atoms with van der Waals surface area (Å²) in [5.74, 6) is 0.740. The number of anilines is 1. The van der Waals surface area contributed by atoms with Crippen molar-refractivity contribution >= 4 is 40.9 Å². The predicted molar refractivity (Wildman–Crippen MR) is 199 cm³/mol. The largest absolute Gasteiger partial charge is 0.481 e. The first-order chi connectivity index (χ1) is 24.6. The molecule has 0 saturated carbocycles. The van der Waals surface area contributed by atoms with Crippen molar-refractivity contribution in [1.29, 1.82) is 0 Å². The van der Waals surface area contributed by atoms with E-state index in [4.69, 9.17) is 47.8 Å². The number of benzene rings is 2. The van der Waals surface area contributed by atoms with E-state index in [9.17, 15) is 9.59 Å². The maximum Gasteiger partial charge on any atom is 0.304 e. The van der Waals surface area contributed by atoms with Crippen molar-refractivity contribution in [3.05, 3.63) is 86.9 Å². The van der Waals surface area contributed by atoms with E-state index in [1.807, 2.05) is 54.4 Å². The Bertz CT molecular complexity index is 1920. The maximum absolute atomic E-state index is 11.5. The van der Waals surface area contributed by atoms with E-state index in [0.717, 1.165) is 52.6 Å². The first kappa shape index (κ1) is 36.4. The van der Waals surface area contributed by atoms with Gasteiger partial charge in [-0.2, -0.15) is 4.98 Å². The van der Waals surface area contributed by atoms with Crippen molar-refractivity contribution in [2.75, 3.05) is 39.7 Å². The third kappa shape index (κ3) is 8.39. The van der Waals surface area contributed by atoms with E-state index in [1.165, 1.54) is 5.56 Å². The average Bonchev–Trinajstić information content (AvgIpc) is 3.74. The molecule has 0 bridgehead atoms. The molecule has 1 aliphatic heterocycles. The summed E-state index contributed by atoms with van der Waals surface area (Å²) in [4.78, 5) is 34.0. The minimum atomic E-state index is -0.847. The minimum absolute atomic E-state index is 0.0299. The van der Waals surface area contributed by atoms with Gasteiger partial charge in [-0.05, 0) is 55.1 Å². The van der Waals surface area contributed by atoms with Gasteiger partial charge in [0, 0.05) is 60.9 Å². The second-order valence-electron chi connectivity index (χ2n) is 12.9. The standard InChI is InChI=1S/C38H42Cl2N6O5/c1-46(17-16-34(48)49)21-23-18-30(39)36(45-38(23)51-3)43-31-14-12-26-25(6-4-7-27(26)31)28-8-5-9-29(35(28)40)32-13-10-22(37(44-32)50-2)19-41-20-24-11-15-33(47)42-24/h4-10,13,18,24,31,41H,11-12,14-17,19-21H2,1-3H3,(H,42,47)(H,43,45)(H,48,49)/t24-,31-/m0/s1. The predicted octanol–water partition coefficient (Wildman–Crippen LogP) is 6.51. The van der Waals surface area contributed by atoms with E-state index in [2.05, 4.69) is 28.1 Å². The minimum Gasteiger partial charge on any atom is -0.481 e. The van der Waals surface area contributed by atoms with Crippen molar-refractivity contribution in [3.63, 3.8) is 0 Å². The van der Waals surface area contributed by atoms with Crippen LogP contribution in [0.15, 0.2) is 54.6 Å². The quantitative estimate of drug-likeness (QED) is 0.107. The molecule has 1 amide bonds. The Labute approximate surface area is 307 Å². The lowest BCUT2D eigenvalue weighted by Gasteiger charge is -2.20. The number of carboxylic acid groups (broad SMARTS) is 1. The van der Waals surface area contributed by atoms with Gasteiger partial charge in [-0.3, -0.25) is 9.59 Å². The topological polar surface area (TPSA) is 138 Å². The molecule has 0 unspecified atom stereocenters. The number of halogens is 2. The van der Waals surface area contributed by atoms with Crippen LogP contribution in [-0.2, 0) is 29.1 Å². The highest BCUT2D eigenvalue weighted by molar-refractivity contribution is 6.36. The molecule has 2 aromatic carbocycles. The van der Waals surface area contributed by atoms with Crippen LogP contribution in [0.2, 0.25) is 10.0 Å². The van der Waals surface area contributed by atoms with Gasteiger partial charge in [0.1, 0.15) is 5.82 Å². The fraction of sp³-hybridized carbons (Fsp3) is 0.368. The van der Waals surface area contributed by atoms with E-state index < -0.39 is 5.97 Å². The van der Waals surface area contributed by atoms with Crippen LogP contribution >= 0.6 is 23.2 Å². The average molecular weight is 734 g/mol. The number of nitrogens with zero attached hydrogens (tertiary/aromatic N) is 3. The molecule has 11 nitrogen and oxygen atoms in total. The van der Waals surface area contributed by atoms with Crippen LogP contribution in [-0.4, -0.2) is 72.2 Å². The Hall–Kier alpha value is -4.42. The van der Waals surface area contributed by atoms with Gasteiger partial charge in [0.15, 0.2) is 0 Å². The maximum atomic E-state index is 11.5. The van der Waals surface area contributed by atoms with Crippen molar-refractivity contribution in [2.45, 2.75) is 57.3 Å². The zero-order valence-corrected chi connectivity index (χ0v) is 30.4. The van der Waals surface area contributed by atoms with E-state index in [-0.39, 0.29) is 24.4 Å². The lowest BCUT2D eigenvalue weighted by molar-refractivity contribution is -0.137. The van der Waals surface area contributed by atoms with Gasteiger partial charge in [0.05, 0.1) is 42.4 Å². The first-order valence-electron chi connectivity index (χ1n) is 17.0. The molecule has 1 aliphatic carbocycles. The van der Waals surface area contributed by atoms with Gasteiger partial charge in [-0.25, -0.2) is 4.98 Å². The Morgan fingerprint density at radius 3 is 2.47 bits per heavy atom. The van der Waals surface area contributed by atoms with Gasteiger partial charge in [-0.1, -0.05) is 65.7 Å². The van der Waals surface area contributed by atoms with Gasteiger partial charge in [0.2, 0.25) is 17.7 Å². The number of methoxy groups -OCH3 is 2. The number of rotatable bonds is 15. The monoisotopic (exact) mass is 732 g/mol. The second kappa shape index (κ2) is 16.3. The summed E-state index contributed by atoms with van der Waals surface area (Å²) in [6, 6.07) is 18.2. The smallest absolute Gasteiger partial charge is 0.304 e. The van der Waals surface area contributed by atoms with Gasteiger partial charge in [-0.15, -0.1) is 0 Å². The Balaban J connectivity index is 1.20. The number of hydrogen-bond donors (Lipinski definition) is 4. The first-order valence-corrected chi connectivity index (χ1v) is 17.8. The molecule has 268 valence electrons. The van der Waals surface area contributed by atoms with Crippen molar-refractivity contribution in [2.24, 2.45) is 0 Å². The van der Waals surface area contributed by atoms with Crippen LogP contribution in [0.3, 0.4) is 0 Å². The summed E-state index contributed by atoms with van der Waals surface area (Å²) >= 11 is 13.9. The molecule has 3 heterocycles. The number of hydrogen-bond acceptors (Lipinski definition) is 9.